The summed E-state index contributed by atoms with van der Waals surface area (Å²) < 4.78 is 10.9. The van der Waals surface area contributed by atoms with Crippen LogP contribution in [0.5, 0.6) is 5.75 Å². The van der Waals surface area contributed by atoms with Crippen molar-refractivity contribution in [1.82, 2.24) is 10.1 Å². The number of hydrogen-bond donors (Lipinski definition) is 0. The Morgan fingerprint density at radius 3 is 2.83 bits per heavy atom. The van der Waals surface area contributed by atoms with E-state index in [1.54, 1.807) is 7.11 Å². The number of methoxy groups -OCH3 is 1. The molecule has 1 aliphatic carbocycles. The van der Waals surface area contributed by atoms with Gasteiger partial charge in [-0.25, -0.2) is 0 Å². The Morgan fingerprint density at radius 1 is 1.29 bits per heavy atom. The van der Waals surface area contributed by atoms with Gasteiger partial charge in [0.2, 0.25) is 0 Å². The molecule has 2 aromatic rings. The summed E-state index contributed by atoms with van der Waals surface area (Å²) in [6.45, 7) is 3.86. The first-order valence-electron chi connectivity index (χ1n) is 8.62. The zero-order valence-electron chi connectivity index (χ0n) is 14.2. The lowest BCUT2D eigenvalue weighted by Gasteiger charge is -2.30. The van der Waals surface area contributed by atoms with E-state index in [0.29, 0.717) is 11.6 Å². The van der Waals surface area contributed by atoms with Crippen LogP contribution in [-0.2, 0) is 12.8 Å². The summed E-state index contributed by atoms with van der Waals surface area (Å²) in [7, 11) is 1.65. The van der Waals surface area contributed by atoms with E-state index in [-0.39, 0.29) is 5.91 Å². The molecule has 1 aromatic heterocycles. The number of aromatic nitrogens is 1. The molecular formula is C19H22N2O3. The Hall–Kier alpha value is -2.30. The summed E-state index contributed by atoms with van der Waals surface area (Å²) in [4.78, 5) is 14.8. The van der Waals surface area contributed by atoms with Gasteiger partial charge in [-0.3, -0.25) is 4.79 Å². The average molecular weight is 326 g/mol. The van der Waals surface area contributed by atoms with Crippen LogP contribution < -0.4 is 4.74 Å². The van der Waals surface area contributed by atoms with Crippen LogP contribution in [0.3, 0.4) is 0 Å². The Kier molecular flexibility index (Phi) is 3.79. The fourth-order valence-electron chi connectivity index (χ4n) is 3.65. The summed E-state index contributed by atoms with van der Waals surface area (Å²) in [5, 5.41) is 4.14. The van der Waals surface area contributed by atoms with E-state index in [9.17, 15) is 4.79 Å². The lowest BCUT2D eigenvalue weighted by molar-refractivity contribution is 0.0686. The van der Waals surface area contributed by atoms with Gasteiger partial charge in [0.25, 0.3) is 5.91 Å². The number of hydrogen-bond acceptors (Lipinski definition) is 4. The summed E-state index contributed by atoms with van der Waals surface area (Å²) in [6.07, 6.45) is 3.81. The zero-order chi connectivity index (χ0) is 16.7. The summed E-state index contributed by atoms with van der Waals surface area (Å²) in [6, 6.07) is 5.99. The minimum absolute atomic E-state index is 0.0123. The average Bonchev–Trinajstić information content (AvgIpc) is 3.05. The third-order valence-corrected chi connectivity index (χ3v) is 5.27. The van der Waals surface area contributed by atoms with E-state index in [2.05, 4.69) is 18.1 Å². The van der Waals surface area contributed by atoms with Gasteiger partial charge in [0.1, 0.15) is 5.75 Å². The number of carbonyl (C=O) groups is 1. The smallest absolute Gasteiger partial charge is 0.276 e. The number of amides is 1. The molecule has 0 atom stereocenters. The lowest BCUT2D eigenvalue weighted by atomic mass is 9.89. The topological polar surface area (TPSA) is 55.6 Å². The molecule has 0 N–H and O–H groups in total. The molecule has 126 valence electrons. The minimum atomic E-state index is 0.0123. The SMILES string of the molecule is COc1ccc2c(c1)-c1onc(C(=O)N3CCC(C)CC3)c1CC2. The number of ether oxygens (including phenoxy) is 1. The van der Waals surface area contributed by atoms with Crippen molar-refractivity contribution in [1.29, 1.82) is 0 Å². The van der Waals surface area contributed by atoms with Crippen LogP contribution in [0, 0.1) is 5.92 Å². The predicted octanol–water partition coefficient (Wildman–Crippen LogP) is 3.32. The highest BCUT2D eigenvalue weighted by atomic mass is 16.5. The van der Waals surface area contributed by atoms with Crippen LogP contribution in [0.4, 0.5) is 0 Å². The molecule has 4 rings (SSSR count). The molecule has 2 aliphatic rings. The second kappa shape index (κ2) is 5.96. The van der Waals surface area contributed by atoms with Crippen molar-refractivity contribution >= 4 is 5.91 Å². The number of rotatable bonds is 2. The third-order valence-electron chi connectivity index (χ3n) is 5.27. The molecule has 1 amide bonds. The fraction of sp³-hybridized carbons (Fsp3) is 0.474. The molecule has 0 spiro atoms. The summed E-state index contributed by atoms with van der Waals surface area (Å²) >= 11 is 0. The molecule has 5 heteroatoms. The molecule has 1 fully saturated rings. The number of nitrogens with zero attached hydrogens (tertiary/aromatic N) is 2. The first-order valence-corrected chi connectivity index (χ1v) is 8.62. The molecule has 0 bridgehead atoms. The third kappa shape index (κ3) is 2.48. The predicted molar refractivity (Wildman–Crippen MR) is 90.2 cm³/mol. The van der Waals surface area contributed by atoms with Crippen LogP contribution >= 0.6 is 0 Å². The lowest BCUT2D eigenvalue weighted by Crippen LogP contribution is -2.38. The van der Waals surface area contributed by atoms with Gasteiger partial charge in [-0.05, 0) is 49.3 Å². The maximum atomic E-state index is 12.9. The van der Waals surface area contributed by atoms with Crippen molar-refractivity contribution in [3.05, 3.63) is 35.0 Å². The van der Waals surface area contributed by atoms with E-state index in [1.165, 1.54) is 5.56 Å². The molecule has 2 heterocycles. The molecule has 0 radical (unpaired) electrons. The van der Waals surface area contributed by atoms with Crippen LogP contribution in [0.1, 0.15) is 41.4 Å². The minimum Gasteiger partial charge on any atom is -0.497 e. The van der Waals surface area contributed by atoms with Gasteiger partial charge in [-0.1, -0.05) is 18.1 Å². The van der Waals surface area contributed by atoms with Crippen LogP contribution in [0.15, 0.2) is 22.7 Å². The first-order chi connectivity index (χ1) is 11.7. The monoisotopic (exact) mass is 326 g/mol. The van der Waals surface area contributed by atoms with E-state index in [1.807, 2.05) is 17.0 Å². The molecule has 5 nitrogen and oxygen atoms in total. The zero-order valence-corrected chi connectivity index (χ0v) is 14.2. The number of likely N-dealkylation sites (tertiary alicyclic amines) is 1. The van der Waals surface area contributed by atoms with Crippen molar-refractivity contribution in [2.24, 2.45) is 5.92 Å². The van der Waals surface area contributed by atoms with Crippen LogP contribution in [-0.4, -0.2) is 36.2 Å². The Bertz CT molecular complexity index is 773. The van der Waals surface area contributed by atoms with Crippen molar-refractivity contribution in [3.8, 4) is 17.1 Å². The molecule has 0 saturated carbocycles. The van der Waals surface area contributed by atoms with Gasteiger partial charge in [0.15, 0.2) is 11.5 Å². The van der Waals surface area contributed by atoms with Gasteiger partial charge in [0.05, 0.1) is 7.11 Å². The number of fused-ring (bicyclic) bond motifs is 3. The molecule has 24 heavy (non-hydrogen) atoms. The standard InChI is InChI=1S/C19H22N2O3/c1-12-7-9-21(10-8-12)19(22)17-15-6-4-13-3-5-14(23-2)11-16(13)18(15)24-20-17/h3,5,11-12H,4,6-10H2,1-2H3. The summed E-state index contributed by atoms with van der Waals surface area (Å²) in [5.74, 6) is 2.22. The van der Waals surface area contributed by atoms with Crippen LogP contribution in [0.25, 0.3) is 11.3 Å². The highest BCUT2D eigenvalue weighted by Crippen LogP contribution is 2.37. The fourth-order valence-corrected chi connectivity index (χ4v) is 3.65. The highest BCUT2D eigenvalue weighted by Gasteiger charge is 2.31. The first kappa shape index (κ1) is 15.2. The molecule has 0 unspecified atom stereocenters. The van der Waals surface area contributed by atoms with E-state index < -0.39 is 0 Å². The van der Waals surface area contributed by atoms with Gasteiger partial charge in [-0.15, -0.1) is 0 Å². The number of benzene rings is 1. The van der Waals surface area contributed by atoms with Crippen molar-refractivity contribution < 1.29 is 14.1 Å². The van der Waals surface area contributed by atoms with Crippen LogP contribution in [0.2, 0.25) is 0 Å². The normalized spacial score (nSPS) is 17.3. The van der Waals surface area contributed by atoms with Crippen molar-refractivity contribution in [2.45, 2.75) is 32.6 Å². The van der Waals surface area contributed by atoms with E-state index >= 15 is 0 Å². The molecule has 1 aromatic carbocycles. The maximum absolute atomic E-state index is 12.9. The Morgan fingerprint density at radius 2 is 2.08 bits per heavy atom. The molecule has 1 aliphatic heterocycles. The molecular weight excluding hydrogens is 304 g/mol. The Balaban J connectivity index is 1.67. The largest absolute Gasteiger partial charge is 0.497 e. The number of aryl methyl sites for hydroxylation is 1. The van der Waals surface area contributed by atoms with Gasteiger partial charge in [0, 0.05) is 24.2 Å². The van der Waals surface area contributed by atoms with Gasteiger partial charge in [-0.2, -0.15) is 0 Å². The molecule has 1 saturated heterocycles. The highest BCUT2D eigenvalue weighted by molar-refractivity contribution is 5.95. The maximum Gasteiger partial charge on any atom is 0.276 e. The summed E-state index contributed by atoms with van der Waals surface area (Å²) in [5.41, 5.74) is 3.65. The van der Waals surface area contributed by atoms with Crippen molar-refractivity contribution in [2.75, 3.05) is 20.2 Å². The van der Waals surface area contributed by atoms with E-state index in [4.69, 9.17) is 9.26 Å². The second-order valence-corrected chi connectivity index (χ2v) is 6.84. The second-order valence-electron chi connectivity index (χ2n) is 6.84. The van der Waals surface area contributed by atoms with E-state index in [0.717, 1.165) is 61.4 Å². The van der Waals surface area contributed by atoms with Gasteiger partial charge >= 0.3 is 0 Å². The Labute approximate surface area is 141 Å². The van der Waals surface area contributed by atoms with Gasteiger partial charge < -0.3 is 14.2 Å². The number of piperidine rings is 1. The van der Waals surface area contributed by atoms with Crippen molar-refractivity contribution in [3.63, 3.8) is 0 Å². The quantitative estimate of drug-likeness (QED) is 0.849. The number of carbonyl (C=O) groups excluding carboxylic acids is 1.